The summed E-state index contributed by atoms with van der Waals surface area (Å²) in [5.74, 6) is -0.861. The van der Waals surface area contributed by atoms with E-state index in [0.717, 1.165) is 11.3 Å². The number of thiophene rings is 1. The van der Waals surface area contributed by atoms with Gasteiger partial charge in [-0.05, 0) is 48.5 Å². The van der Waals surface area contributed by atoms with Gasteiger partial charge >= 0.3 is 0 Å². The maximum Gasteiger partial charge on any atom is 0.267 e. The molecule has 2 aromatic heterocycles. The summed E-state index contributed by atoms with van der Waals surface area (Å²) in [7, 11) is 0. The van der Waals surface area contributed by atoms with E-state index in [2.05, 4.69) is 10.3 Å². The highest BCUT2D eigenvalue weighted by atomic mass is 35.5. The molecule has 2 aromatic carbocycles. The van der Waals surface area contributed by atoms with E-state index in [4.69, 9.17) is 28.9 Å². The average Bonchev–Trinajstić information content (AvgIpc) is 3.00. The summed E-state index contributed by atoms with van der Waals surface area (Å²) < 4.78 is 13.3. The number of pyridine rings is 1. The topological polar surface area (TPSA) is 68.0 Å². The minimum Gasteiger partial charge on any atom is -0.397 e. The molecule has 3 N–H and O–H groups in total. The molecular weight excluding hydrogens is 420 g/mol. The number of nitrogens with one attached hydrogen (secondary N) is 1. The summed E-state index contributed by atoms with van der Waals surface area (Å²) in [6, 6.07) is 14.3. The number of anilines is 2. The van der Waals surface area contributed by atoms with Crippen molar-refractivity contribution in [3.8, 4) is 11.3 Å². The molecule has 0 radical (unpaired) electrons. The molecule has 0 saturated heterocycles. The van der Waals surface area contributed by atoms with Crippen molar-refractivity contribution in [1.82, 2.24) is 4.98 Å². The third-order valence-corrected chi connectivity index (χ3v) is 5.77. The molecule has 4 nitrogen and oxygen atoms in total. The molecule has 8 heteroatoms. The van der Waals surface area contributed by atoms with Crippen LogP contribution in [-0.2, 0) is 0 Å². The van der Waals surface area contributed by atoms with Gasteiger partial charge in [-0.3, -0.25) is 4.79 Å². The summed E-state index contributed by atoms with van der Waals surface area (Å²) in [5, 5.41) is 4.37. The molecule has 0 fully saturated rings. The van der Waals surface area contributed by atoms with Crippen molar-refractivity contribution in [3.63, 3.8) is 0 Å². The van der Waals surface area contributed by atoms with E-state index in [0.29, 0.717) is 47.8 Å². The number of nitrogen functional groups attached to an aromatic ring is 1. The van der Waals surface area contributed by atoms with Crippen LogP contribution in [0.2, 0.25) is 10.0 Å². The van der Waals surface area contributed by atoms with Crippen LogP contribution in [0, 0.1) is 5.82 Å². The number of benzene rings is 2. The van der Waals surface area contributed by atoms with E-state index < -0.39 is 11.7 Å². The summed E-state index contributed by atoms with van der Waals surface area (Å²) in [5.41, 5.74) is 8.14. The molecule has 0 aliphatic rings. The Kier molecular flexibility index (Phi) is 4.93. The highest BCUT2D eigenvalue weighted by molar-refractivity contribution is 7.21. The van der Waals surface area contributed by atoms with Crippen molar-refractivity contribution in [2.75, 3.05) is 11.1 Å². The third-order valence-electron chi connectivity index (χ3n) is 4.09. The van der Waals surface area contributed by atoms with E-state index >= 15 is 0 Å². The van der Waals surface area contributed by atoms with Crippen molar-refractivity contribution >= 4 is 62.0 Å². The van der Waals surface area contributed by atoms with Crippen molar-refractivity contribution in [2.24, 2.45) is 0 Å². The molecule has 0 unspecified atom stereocenters. The summed E-state index contributed by atoms with van der Waals surface area (Å²) in [4.78, 5) is 18.1. The minimum atomic E-state index is -0.438. The predicted octanol–water partition coefficient (Wildman–Crippen LogP) is 6.24. The Balaban J connectivity index is 1.72. The Hall–Kier alpha value is -2.67. The van der Waals surface area contributed by atoms with Crippen molar-refractivity contribution in [3.05, 3.63) is 75.3 Å². The molecule has 1 amide bonds. The maximum atomic E-state index is 13.3. The normalized spacial score (nSPS) is 11.0. The number of carbonyl (C=O) groups excluding carboxylic acids is 1. The number of nitrogens with zero attached hydrogens (tertiary/aromatic N) is 1. The number of carbonyl (C=O) groups is 1. The van der Waals surface area contributed by atoms with E-state index in [1.54, 1.807) is 36.4 Å². The molecule has 0 aliphatic carbocycles. The van der Waals surface area contributed by atoms with Crippen molar-refractivity contribution < 1.29 is 9.18 Å². The van der Waals surface area contributed by atoms with Crippen LogP contribution in [0.4, 0.5) is 15.8 Å². The zero-order valence-electron chi connectivity index (χ0n) is 14.2. The van der Waals surface area contributed by atoms with E-state index in [1.165, 1.54) is 18.2 Å². The van der Waals surface area contributed by atoms with E-state index in [1.807, 2.05) is 0 Å². The average molecular weight is 432 g/mol. The van der Waals surface area contributed by atoms with E-state index in [-0.39, 0.29) is 0 Å². The maximum absolute atomic E-state index is 13.3. The number of rotatable bonds is 3. The first-order valence-electron chi connectivity index (χ1n) is 8.14. The van der Waals surface area contributed by atoms with Gasteiger partial charge in [0.05, 0.1) is 16.4 Å². The Bertz CT molecular complexity index is 1230. The fourth-order valence-electron chi connectivity index (χ4n) is 2.76. The van der Waals surface area contributed by atoms with Gasteiger partial charge in [-0.25, -0.2) is 9.37 Å². The van der Waals surface area contributed by atoms with Gasteiger partial charge in [-0.2, -0.15) is 0 Å². The lowest BCUT2D eigenvalue weighted by Gasteiger charge is -2.04. The highest BCUT2D eigenvalue weighted by Gasteiger charge is 2.18. The van der Waals surface area contributed by atoms with Crippen molar-refractivity contribution in [2.45, 2.75) is 0 Å². The molecule has 2 heterocycles. The van der Waals surface area contributed by atoms with Gasteiger partial charge in [0.1, 0.15) is 15.5 Å². The quantitative estimate of drug-likeness (QED) is 0.403. The lowest BCUT2D eigenvalue weighted by Crippen LogP contribution is -2.12. The first kappa shape index (κ1) is 18.7. The van der Waals surface area contributed by atoms with Crippen LogP contribution in [-0.4, -0.2) is 10.9 Å². The first-order valence-corrected chi connectivity index (χ1v) is 9.71. The number of hydrogen-bond acceptors (Lipinski definition) is 4. The Morgan fingerprint density at radius 3 is 2.71 bits per heavy atom. The number of halogens is 3. The van der Waals surface area contributed by atoms with Crippen LogP contribution in [0.1, 0.15) is 9.67 Å². The van der Waals surface area contributed by atoms with Gasteiger partial charge in [0.15, 0.2) is 0 Å². The fraction of sp³-hybridized carbons (Fsp3) is 0. The second-order valence-electron chi connectivity index (χ2n) is 5.98. The smallest absolute Gasteiger partial charge is 0.267 e. The lowest BCUT2D eigenvalue weighted by atomic mass is 10.1. The number of nitrogens with two attached hydrogens (primary N) is 1. The molecule has 140 valence electrons. The van der Waals surface area contributed by atoms with Gasteiger partial charge in [0.25, 0.3) is 5.91 Å². The van der Waals surface area contributed by atoms with E-state index in [9.17, 15) is 9.18 Å². The van der Waals surface area contributed by atoms with Gasteiger partial charge in [-0.1, -0.05) is 29.3 Å². The zero-order chi connectivity index (χ0) is 19.8. The Morgan fingerprint density at radius 2 is 1.93 bits per heavy atom. The van der Waals surface area contributed by atoms with Crippen molar-refractivity contribution in [1.29, 1.82) is 0 Å². The molecule has 0 spiro atoms. The molecule has 0 bridgehead atoms. The summed E-state index contributed by atoms with van der Waals surface area (Å²) >= 11 is 13.5. The number of aromatic nitrogens is 1. The standard InChI is InChI=1S/C20H12Cl2FN3OS/c21-10-4-6-15(22)14(8-10)16-7-5-13-17(24)18(28-20(13)26-16)19(27)25-12-3-1-2-11(23)9-12/h1-9H,24H2,(H,25,27). The number of fused-ring (bicyclic) bond motifs is 1. The van der Waals surface area contributed by atoms with Gasteiger partial charge in [0.2, 0.25) is 0 Å². The second kappa shape index (κ2) is 7.39. The van der Waals surface area contributed by atoms with Gasteiger partial charge in [0, 0.05) is 21.7 Å². The number of amides is 1. The van der Waals surface area contributed by atoms with Crippen LogP contribution in [0.5, 0.6) is 0 Å². The van der Waals surface area contributed by atoms with Crippen LogP contribution >= 0.6 is 34.5 Å². The monoisotopic (exact) mass is 431 g/mol. The lowest BCUT2D eigenvalue weighted by molar-refractivity contribution is 0.103. The highest BCUT2D eigenvalue weighted by Crippen LogP contribution is 2.36. The molecular formula is C20H12Cl2FN3OS. The minimum absolute atomic E-state index is 0.307. The summed E-state index contributed by atoms with van der Waals surface area (Å²) in [6.45, 7) is 0. The SMILES string of the molecule is Nc1c(C(=O)Nc2cccc(F)c2)sc2nc(-c3cc(Cl)ccc3Cl)ccc12. The second-order valence-corrected chi connectivity index (χ2v) is 7.83. The Labute approximate surface area is 173 Å². The Morgan fingerprint density at radius 1 is 1.11 bits per heavy atom. The molecule has 28 heavy (non-hydrogen) atoms. The first-order chi connectivity index (χ1) is 13.4. The fourth-order valence-corrected chi connectivity index (χ4v) is 4.14. The third kappa shape index (κ3) is 3.54. The predicted molar refractivity (Wildman–Crippen MR) is 114 cm³/mol. The zero-order valence-corrected chi connectivity index (χ0v) is 16.5. The van der Waals surface area contributed by atoms with Crippen LogP contribution in [0.3, 0.4) is 0 Å². The van der Waals surface area contributed by atoms with Crippen LogP contribution in [0.25, 0.3) is 21.5 Å². The van der Waals surface area contributed by atoms with Crippen LogP contribution < -0.4 is 11.1 Å². The van der Waals surface area contributed by atoms with Crippen LogP contribution in [0.15, 0.2) is 54.6 Å². The molecule has 0 atom stereocenters. The van der Waals surface area contributed by atoms with Gasteiger partial charge < -0.3 is 11.1 Å². The molecule has 4 aromatic rings. The molecule has 0 saturated carbocycles. The summed E-state index contributed by atoms with van der Waals surface area (Å²) in [6.07, 6.45) is 0. The van der Waals surface area contributed by atoms with Gasteiger partial charge in [-0.15, -0.1) is 11.3 Å². The number of hydrogen-bond donors (Lipinski definition) is 2. The molecule has 4 rings (SSSR count). The molecule has 0 aliphatic heterocycles. The largest absolute Gasteiger partial charge is 0.397 e.